The number of carboxylic acids is 1. The molecular weight excluding hydrogens is 374 g/mol. The van der Waals surface area contributed by atoms with Crippen molar-refractivity contribution in [2.24, 2.45) is 5.73 Å². The van der Waals surface area contributed by atoms with Gasteiger partial charge in [-0.25, -0.2) is 17.9 Å². The molecule has 0 fully saturated rings. The number of nitrogens with one attached hydrogen (secondary N) is 2. The SMILES string of the molecule is N=C(N)c1ccc(S(=O)(=O)NCC(O)c2ccc(OCC(=O)O)cc2)cc1. The third-order valence-electron chi connectivity index (χ3n) is 3.57. The van der Waals surface area contributed by atoms with Crippen molar-refractivity contribution >= 4 is 21.8 Å². The summed E-state index contributed by atoms with van der Waals surface area (Å²) in [6, 6.07) is 11.5. The summed E-state index contributed by atoms with van der Waals surface area (Å²) in [7, 11) is -3.84. The van der Waals surface area contributed by atoms with Gasteiger partial charge in [-0.05, 0) is 42.0 Å². The van der Waals surface area contributed by atoms with E-state index >= 15 is 0 Å². The highest BCUT2D eigenvalue weighted by Gasteiger charge is 2.17. The number of aliphatic hydroxyl groups is 1. The molecule has 0 aliphatic carbocycles. The molecule has 2 rings (SSSR count). The highest BCUT2D eigenvalue weighted by atomic mass is 32.2. The molecule has 0 saturated carbocycles. The molecule has 0 aromatic heterocycles. The molecule has 2 aromatic rings. The maximum Gasteiger partial charge on any atom is 0.341 e. The van der Waals surface area contributed by atoms with Gasteiger partial charge in [-0.3, -0.25) is 5.41 Å². The summed E-state index contributed by atoms with van der Waals surface area (Å²) in [6.07, 6.45) is -1.11. The molecule has 10 heteroatoms. The second-order valence-corrected chi connectivity index (χ2v) is 7.32. The van der Waals surface area contributed by atoms with E-state index < -0.39 is 28.7 Å². The van der Waals surface area contributed by atoms with Crippen LogP contribution < -0.4 is 15.2 Å². The number of rotatable bonds is 9. The van der Waals surface area contributed by atoms with Crippen molar-refractivity contribution in [3.63, 3.8) is 0 Å². The second-order valence-electron chi connectivity index (χ2n) is 5.56. The van der Waals surface area contributed by atoms with Crippen LogP contribution in [0.25, 0.3) is 0 Å². The van der Waals surface area contributed by atoms with Gasteiger partial charge in [0.2, 0.25) is 10.0 Å². The summed E-state index contributed by atoms with van der Waals surface area (Å²) in [5, 5.41) is 26.0. The number of aliphatic hydroxyl groups excluding tert-OH is 1. The van der Waals surface area contributed by atoms with Crippen LogP contribution >= 0.6 is 0 Å². The van der Waals surface area contributed by atoms with Crippen LogP contribution in [0.4, 0.5) is 0 Å². The molecule has 27 heavy (non-hydrogen) atoms. The van der Waals surface area contributed by atoms with Crippen LogP contribution in [0.1, 0.15) is 17.2 Å². The zero-order valence-corrected chi connectivity index (χ0v) is 14.9. The minimum atomic E-state index is -3.84. The van der Waals surface area contributed by atoms with Crippen molar-refractivity contribution in [1.82, 2.24) is 4.72 Å². The standard InChI is InChI=1S/C17H19N3O6S/c18-17(19)12-3-7-14(8-4-12)27(24,25)20-9-15(21)11-1-5-13(6-2-11)26-10-16(22)23/h1-8,15,20-21H,9-10H2,(H3,18,19)(H,22,23). The number of nitrogens with two attached hydrogens (primary N) is 1. The summed E-state index contributed by atoms with van der Waals surface area (Å²) in [5.74, 6) is -0.956. The van der Waals surface area contributed by atoms with Crippen molar-refractivity contribution in [3.05, 3.63) is 59.7 Å². The summed E-state index contributed by atoms with van der Waals surface area (Å²) >= 11 is 0. The Kier molecular flexibility index (Phi) is 6.50. The van der Waals surface area contributed by atoms with E-state index in [-0.39, 0.29) is 17.3 Å². The van der Waals surface area contributed by atoms with Gasteiger partial charge in [0.05, 0.1) is 11.0 Å². The van der Waals surface area contributed by atoms with Gasteiger partial charge in [0.15, 0.2) is 6.61 Å². The number of sulfonamides is 1. The van der Waals surface area contributed by atoms with Crippen molar-refractivity contribution in [1.29, 1.82) is 5.41 Å². The monoisotopic (exact) mass is 393 g/mol. The van der Waals surface area contributed by atoms with E-state index in [1.165, 1.54) is 48.5 Å². The lowest BCUT2D eigenvalue weighted by Gasteiger charge is -2.13. The molecule has 0 spiro atoms. The highest BCUT2D eigenvalue weighted by Crippen LogP contribution is 2.18. The summed E-state index contributed by atoms with van der Waals surface area (Å²) in [4.78, 5) is 10.4. The fourth-order valence-corrected chi connectivity index (χ4v) is 3.17. The lowest BCUT2D eigenvalue weighted by Crippen LogP contribution is -2.28. The Morgan fingerprint density at radius 1 is 1.15 bits per heavy atom. The predicted molar refractivity (Wildman–Crippen MR) is 97.2 cm³/mol. The molecule has 1 unspecified atom stereocenters. The Morgan fingerprint density at radius 2 is 1.74 bits per heavy atom. The minimum Gasteiger partial charge on any atom is -0.482 e. The fraction of sp³-hybridized carbons (Fsp3) is 0.176. The van der Waals surface area contributed by atoms with Gasteiger partial charge in [-0.15, -0.1) is 0 Å². The molecule has 0 heterocycles. The minimum absolute atomic E-state index is 0.0166. The Morgan fingerprint density at radius 3 is 2.26 bits per heavy atom. The van der Waals surface area contributed by atoms with Gasteiger partial charge in [0.1, 0.15) is 11.6 Å². The second kappa shape index (κ2) is 8.62. The third-order valence-corrected chi connectivity index (χ3v) is 5.01. The van der Waals surface area contributed by atoms with E-state index in [9.17, 15) is 18.3 Å². The van der Waals surface area contributed by atoms with Gasteiger partial charge >= 0.3 is 5.97 Å². The molecule has 6 N–H and O–H groups in total. The predicted octanol–water partition coefficient (Wildman–Crippen LogP) is 0.446. The van der Waals surface area contributed by atoms with Gasteiger partial charge in [-0.2, -0.15) is 0 Å². The van der Waals surface area contributed by atoms with E-state index in [2.05, 4.69) is 4.72 Å². The molecule has 0 bridgehead atoms. The van der Waals surface area contributed by atoms with Gasteiger partial charge in [-0.1, -0.05) is 12.1 Å². The number of amidine groups is 1. The molecular formula is C17H19N3O6S. The molecule has 144 valence electrons. The number of carbonyl (C=O) groups is 1. The van der Waals surface area contributed by atoms with E-state index in [1.54, 1.807) is 0 Å². The number of hydrogen-bond acceptors (Lipinski definition) is 6. The molecule has 0 amide bonds. The van der Waals surface area contributed by atoms with Crippen molar-refractivity contribution in [2.75, 3.05) is 13.2 Å². The molecule has 0 radical (unpaired) electrons. The molecule has 1 atom stereocenters. The average molecular weight is 393 g/mol. The third kappa shape index (κ3) is 5.78. The van der Waals surface area contributed by atoms with Crippen LogP contribution in [0.5, 0.6) is 5.75 Å². The molecule has 9 nitrogen and oxygen atoms in total. The van der Waals surface area contributed by atoms with E-state index in [0.29, 0.717) is 16.9 Å². The van der Waals surface area contributed by atoms with Crippen molar-refractivity contribution in [2.45, 2.75) is 11.0 Å². The zero-order chi connectivity index (χ0) is 20.0. The summed E-state index contributed by atoms with van der Waals surface area (Å²) in [6.45, 7) is -0.740. The Bertz CT molecular complexity index is 911. The first-order valence-corrected chi connectivity index (χ1v) is 9.24. The van der Waals surface area contributed by atoms with Crippen LogP contribution in [0.2, 0.25) is 0 Å². The van der Waals surface area contributed by atoms with Gasteiger partial charge < -0.3 is 20.7 Å². The Hall–Kier alpha value is -2.95. The topological polar surface area (TPSA) is 163 Å². The smallest absolute Gasteiger partial charge is 0.341 e. The maximum absolute atomic E-state index is 12.3. The largest absolute Gasteiger partial charge is 0.482 e. The quantitative estimate of drug-likeness (QED) is 0.305. The number of nitrogen functional groups attached to an aromatic ring is 1. The van der Waals surface area contributed by atoms with Crippen LogP contribution in [0, 0.1) is 5.41 Å². The highest BCUT2D eigenvalue weighted by molar-refractivity contribution is 7.89. The number of aliphatic carboxylic acids is 1. The van der Waals surface area contributed by atoms with Crippen LogP contribution in [-0.4, -0.2) is 43.6 Å². The summed E-state index contributed by atoms with van der Waals surface area (Å²) < 4.78 is 31.8. The van der Waals surface area contributed by atoms with Crippen LogP contribution in [-0.2, 0) is 14.8 Å². The fourth-order valence-electron chi connectivity index (χ4n) is 2.13. The lowest BCUT2D eigenvalue weighted by molar-refractivity contribution is -0.139. The zero-order valence-electron chi connectivity index (χ0n) is 14.1. The van der Waals surface area contributed by atoms with Gasteiger partial charge in [0.25, 0.3) is 0 Å². The van der Waals surface area contributed by atoms with Crippen molar-refractivity contribution < 1.29 is 28.2 Å². The Labute approximate surface area is 156 Å². The lowest BCUT2D eigenvalue weighted by atomic mass is 10.1. The normalized spacial score (nSPS) is 12.3. The molecule has 2 aromatic carbocycles. The molecule has 0 saturated heterocycles. The first-order chi connectivity index (χ1) is 12.7. The van der Waals surface area contributed by atoms with Crippen molar-refractivity contribution in [3.8, 4) is 5.75 Å². The number of ether oxygens (including phenoxy) is 1. The first kappa shape index (κ1) is 20.4. The average Bonchev–Trinajstić information content (AvgIpc) is 2.65. The van der Waals surface area contributed by atoms with E-state index in [4.69, 9.17) is 21.0 Å². The van der Waals surface area contributed by atoms with Gasteiger partial charge in [0, 0.05) is 12.1 Å². The number of carboxylic acid groups (broad SMARTS) is 1. The Balaban J connectivity index is 1.98. The molecule has 0 aliphatic heterocycles. The number of benzene rings is 2. The van der Waals surface area contributed by atoms with Crippen LogP contribution in [0.3, 0.4) is 0 Å². The number of hydrogen-bond donors (Lipinski definition) is 5. The van der Waals surface area contributed by atoms with E-state index in [0.717, 1.165) is 0 Å². The van der Waals surface area contributed by atoms with Crippen LogP contribution in [0.15, 0.2) is 53.4 Å². The summed E-state index contributed by atoms with van der Waals surface area (Å²) in [5.41, 5.74) is 6.17. The molecule has 0 aliphatic rings. The van der Waals surface area contributed by atoms with E-state index in [1.807, 2.05) is 0 Å². The first-order valence-electron chi connectivity index (χ1n) is 7.76. The maximum atomic E-state index is 12.3.